The van der Waals surface area contributed by atoms with Crippen LogP contribution in [-0.4, -0.2) is 47.2 Å². The Labute approximate surface area is 271 Å². The quantitative estimate of drug-likeness (QED) is 0.239. The van der Waals surface area contributed by atoms with E-state index in [2.05, 4.69) is 79.1 Å². The van der Waals surface area contributed by atoms with E-state index in [0.29, 0.717) is 0 Å². The van der Waals surface area contributed by atoms with Gasteiger partial charge in [0.25, 0.3) is 0 Å². The number of ether oxygens (including phenoxy) is 2. The van der Waals surface area contributed by atoms with Gasteiger partial charge in [0.05, 0.1) is 17.4 Å². The van der Waals surface area contributed by atoms with Crippen LogP contribution < -0.4 is 4.90 Å². The normalized spacial score (nSPS) is 17.7. The highest BCUT2D eigenvalue weighted by Gasteiger charge is 2.37. The molecule has 0 radical (unpaired) electrons. The molecule has 6 heteroatoms. The lowest BCUT2D eigenvalue weighted by atomic mass is 9.81. The van der Waals surface area contributed by atoms with Gasteiger partial charge in [-0.3, -0.25) is 9.88 Å². The molecule has 3 heterocycles. The van der Waals surface area contributed by atoms with Gasteiger partial charge in [-0.1, -0.05) is 62.4 Å². The second-order valence-corrected chi connectivity index (χ2v) is 15.1. The summed E-state index contributed by atoms with van der Waals surface area (Å²) in [4.78, 5) is 23.8. The van der Waals surface area contributed by atoms with E-state index < -0.39 is 11.7 Å². The number of carbonyl (C=O) groups is 1. The molecule has 0 saturated carbocycles. The van der Waals surface area contributed by atoms with Crippen molar-refractivity contribution in [3.8, 4) is 11.1 Å². The number of aryl methyl sites for hydroxylation is 2. The van der Waals surface area contributed by atoms with E-state index in [0.717, 1.165) is 85.8 Å². The number of carbonyl (C=O) groups excluding carboxylic acids is 1. The molecule has 242 valence electrons. The van der Waals surface area contributed by atoms with Gasteiger partial charge < -0.3 is 14.4 Å². The fourth-order valence-corrected chi connectivity index (χ4v) is 6.77. The minimum Gasteiger partial charge on any atom is -0.461 e. The van der Waals surface area contributed by atoms with Crippen LogP contribution in [-0.2, 0) is 33.8 Å². The molecule has 6 nitrogen and oxygen atoms in total. The fourth-order valence-electron chi connectivity index (χ4n) is 6.77. The first kappa shape index (κ1) is 33.2. The van der Waals surface area contributed by atoms with E-state index >= 15 is 0 Å². The maximum atomic E-state index is 13.8. The molecule has 45 heavy (non-hydrogen) atoms. The van der Waals surface area contributed by atoms with Crippen molar-refractivity contribution in [2.75, 3.05) is 24.5 Å². The number of hydrogen-bond donors (Lipinski definition) is 0. The average molecular weight is 612 g/mol. The van der Waals surface area contributed by atoms with Crippen LogP contribution in [0, 0.1) is 19.3 Å². The van der Waals surface area contributed by atoms with Crippen LogP contribution in [0.1, 0.15) is 101 Å². The third-order valence-corrected chi connectivity index (χ3v) is 9.17. The average Bonchev–Trinajstić information content (AvgIpc) is 2.96. The van der Waals surface area contributed by atoms with Crippen molar-refractivity contribution in [1.82, 2.24) is 9.88 Å². The molecule has 2 aliphatic heterocycles. The molecule has 2 aromatic carbocycles. The third-order valence-electron chi connectivity index (χ3n) is 9.17. The molecule has 1 fully saturated rings. The lowest BCUT2D eigenvalue weighted by molar-refractivity contribution is -0.171. The zero-order valence-electron chi connectivity index (χ0n) is 29.0. The van der Waals surface area contributed by atoms with Crippen LogP contribution in [0.15, 0.2) is 48.5 Å². The first-order valence-electron chi connectivity index (χ1n) is 16.7. The second-order valence-electron chi connectivity index (χ2n) is 15.1. The minimum absolute atomic E-state index is 0.248. The van der Waals surface area contributed by atoms with Gasteiger partial charge in [0.1, 0.15) is 0 Å². The Morgan fingerprint density at radius 2 is 1.58 bits per heavy atom. The molecule has 0 aliphatic carbocycles. The lowest BCUT2D eigenvalue weighted by Gasteiger charge is -2.41. The SMILES string of the molecule is Cc1nc(C)c(C(OC(C)(C)C)C(=O)OC(C)C)c(N2CCC(C)(C)CC2)c1-c1ccc(CN2CCc3ccccc3C2)cc1. The predicted molar refractivity (Wildman–Crippen MR) is 183 cm³/mol. The number of aromatic nitrogens is 1. The highest BCUT2D eigenvalue weighted by atomic mass is 16.6. The van der Waals surface area contributed by atoms with Gasteiger partial charge in [-0.05, 0) is 95.4 Å². The van der Waals surface area contributed by atoms with Crippen LogP contribution in [0.25, 0.3) is 11.1 Å². The van der Waals surface area contributed by atoms with E-state index in [1.165, 1.54) is 16.7 Å². The van der Waals surface area contributed by atoms with Crippen molar-refractivity contribution in [2.45, 2.75) is 112 Å². The molecule has 2 aliphatic rings. The Morgan fingerprint density at radius 1 is 0.933 bits per heavy atom. The largest absolute Gasteiger partial charge is 0.461 e. The molecule has 0 N–H and O–H groups in total. The van der Waals surface area contributed by atoms with Crippen LogP contribution in [0.5, 0.6) is 0 Å². The monoisotopic (exact) mass is 611 g/mol. The van der Waals surface area contributed by atoms with Gasteiger partial charge in [-0.15, -0.1) is 0 Å². The molecule has 1 saturated heterocycles. The van der Waals surface area contributed by atoms with Crippen LogP contribution in [0.3, 0.4) is 0 Å². The Balaban J connectivity index is 1.56. The highest BCUT2D eigenvalue weighted by Crippen LogP contribution is 2.45. The topological polar surface area (TPSA) is 54.9 Å². The maximum absolute atomic E-state index is 13.8. The molecule has 1 unspecified atom stereocenters. The van der Waals surface area contributed by atoms with Crippen molar-refractivity contribution in [2.24, 2.45) is 5.41 Å². The summed E-state index contributed by atoms with van der Waals surface area (Å²) in [7, 11) is 0. The number of hydrogen-bond acceptors (Lipinski definition) is 6. The van der Waals surface area contributed by atoms with Gasteiger partial charge in [0.2, 0.25) is 0 Å². The summed E-state index contributed by atoms with van der Waals surface area (Å²) < 4.78 is 12.4. The fraction of sp³-hybridized carbons (Fsp3) is 0.538. The first-order chi connectivity index (χ1) is 21.2. The Kier molecular flexibility index (Phi) is 9.76. The van der Waals surface area contributed by atoms with Crippen molar-refractivity contribution in [1.29, 1.82) is 0 Å². The summed E-state index contributed by atoms with van der Waals surface area (Å²) in [5.74, 6) is -0.364. The zero-order chi connectivity index (χ0) is 32.5. The molecule has 1 atom stereocenters. The number of nitrogens with zero attached hydrogens (tertiary/aromatic N) is 3. The number of anilines is 1. The lowest BCUT2D eigenvalue weighted by Crippen LogP contribution is -2.39. The first-order valence-corrected chi connectivity index (χ1v) is 16.7. The van der Waals surface area contributed by atoms with Crippen LogP contribution in [0.2, 0.25) is 0 Å². The van der Waals surface area contributed by atoms with Crippen LogP contribution >= 0.6 is 0 Å². The number of fused-ring (bicyclic) bond motifs is 1. The highest BCUT2D eigenvalue weighted by molar-refractivity contribution is 5.88. The van der Waals surface area contributed by atoms with Gasteiger partial charge in [-0.2, -0.15) is 0 Å². The Morgan fingerprint density at radius 3 is 2.20 bits per heavy atom. The van der Waals surface area contributed by atoms with E-state index in [-0.39, 0.29) is 17.5 Å². The number of esters is 1. The molecule has 0 bridgehead atoms. The van der Waals surface area contributed by atoms with E-state index in [1.54, 1.807) is 0 Å². The molecular formula is C39H53N3O3. The van der Waals surface area contributed by atoms with E-state index in [9.17, 15) is 4.79 Å². The molecular weight excluding hydrogens is 558 g/mol. The molecule has 0 amide bonds. The smallest absolute Gasteiger partial charge is 0.340 e. The van der Waals surface area contributed by atoms with Gasteiger partial charge >= 0.3 is 5.97 Å². The van der Waals surface area contributed by atoms with E-state index in [4.69, 9.17) is 14.5 Å². The molecule has 0 spiro atoms. The van der Waals surface area contributed by atoms with Crippen molar-refractivity contribution in [3.63, 3.8) is 0 Å². The third kappa shape index (κ3) is 7.96. The van der Waals surface area contributed by atoms with E-state index in [1.807, 2.05) is 41.5 Å². The van der Waals surface area contributed by atoms with Crippen molar-refractivity contribution < 1.29 is 14.3 Å². The number of benzene rings is 2. The number of piperidine rings is 1. The Bertz CT molecular complexity index is 1490. The number of rotatable bonds is 8. The predicted octanol–water partition coefficient (Wildman–Crippen LogP) is 8.36. The maximum Gasteiger partial charge on any atom is 0.340 e. The van der Waals surface area contributed by atoms with Gasteiger partial charge in [-0.25, -0.2) is 4.79 Å². The second kappa shape index (κ2) is 13.3. The van der Waals surface area contributed by atoms with Crippen molar-refractivity contribution >= 4 is 11.7 Å². The number of pyridine rings is 1. The summed E-state index contributed by atoms with van der Waals surface area (Å²) in [6.45, 7) is 23.3. The summed E-state index contributed by atoms with van der Waals surface area (Å²) in [5.41, 5.74) is 9.78. The van der Waals surface area contributed by atoms with Gasteiger partial charge in [0, 0.05) is 55.2 Å². The summed E-state index contributed by atoms with van der Waals surface area (Å²) >= 11 is 0. The van der Waals surface area contributed by atoms with Crippen LogP contribution in [0.4, 0.5) is 5.69 Å². The minimum atomic E-state index is -0.884. The molecule has 5 rings (SSSR count). The standard InChI is InChI=1S/C39H53N3O3/c1-26(2)44-37(43)36(45-38(5,6)7)34-28(4)40-27(3)33(35(34)42-22-19-39(8,9)20-23-42)31-16-14-29(15-17-31)24-41-21-18-30-12-10-11-13-32(30)25-41/h10-17,26,36H,18-25H2,1-9H3. The van der Waals surface area contributed by atoms with Gasteiger partial charge in [0.15, 0.2) is 6.10 Å². The Hall–Kier alpha value is -3.22. The zero-order valence-corrected chi connectivity index (χ0v) is 29.0. The summed E-state index contributed by atoms with van der Waals surface area (Å²) in [6.07, 6.45) is 2.11. The molecule has 3 aromatic rings. The van der Waals surface area contributed by atoms with Crippen molar-refractivity contribution in [3.05, 3.63) is 82.2 Å². The summed E-state index contributed by atoms with van der Waals surface area (Å²) in [5, 5.41) is 0. The summed E-state index contributed by atoms with van der Waals surface area (Å²) in [6, 6.07) is 17.8. The molecule has 1 aromatic heterocycles.